The summed E-state index contributed by atoms with van der Waals surface area (Å²) in [5.74, 6) is -0.131. The third kappa shape index (κ3) is 9.12. The summed E-state index contributed by atoms with van der Waals surface area (Å²) in [6.45, 7) is 10.2. The molecule has 0 heterocycles. The SMILES string of the molecule is [CH2]C(C)(C)C=CCCC(=O)OCC. The highest BCUT2D eigenvalue weighted by atomic mass is 16.5. The van der Waals surface area contributed by atoms with E-state index >= 15 is 0 Å². The van der Waals surface area contributed by atoms with Crippen molar-refractivity contribution in [3.05, 3.63) is 19.1 Å². The lowest BCUT2D eigenvalue weighted by molar-refractivity contribution is -0.143. The van der Waals surface area contributed by atoms with Gasteiger partial charge in [-0.3, -0.25) is 4.79 Å². The summed E-state index contributed by atoms with van der Waals surface area (Å²) in [5, 5.41) is 0. The van der Waals surface area contributed by atoms with Crippen LogP contribution in [0.15, 0.2) is 12.2 Å². The van der Waals surface area contributed by atoms with E-state index in [1.54, 1.807) is 0 Å². The lowest BCUT2D eigenvalue weighted by atomic mass is 9.96. The van der Waals surface area contributed by atoms with E-state index in [4.69, 9.17) is 4.74 Å². The van der Waals surface area contributed by atoms with Gasteiger partial charge in [0.2, 0.25) is 0 Å². The van der Waals surface area contributed by atoms with Crippen molar-refractivity contribution in [3.63, 3.8) is 0 Å². The maximum atomic E-state index is 10.9. The molecule has 75 valence electrons. The van der Waals surface area contributed by atoms with Gasteiger partial charge in [0.15, 0.2) is 0 Å². The predicted octanol–water partition coefficient (Wildman–Crippen LogP) is 2.75. The molecule has 0 aliphatic heterocycles. The normalized spacial score (nSPS) is 12.0. The summed E-state index contributed by atoms with van der Waals surface area (Å²) < 4.78 is 4.79. The molecule has 0 aromatic heterocycles. The Bertz CT molecular complexity index is 175. The average Bonchev–Trinajstić information content (AvgIpc) is 1.97. The summed E-state index contributed by atoms with van der Waals surface area (Å²) in [5.41, 5.74) is -0.0470. The van der Waals surface area contributed by atoms with Gasteiger partial charge in [0, 0.05) is 6.42 Å². The molecular formula is C11H19O2. The van der Waals surface area contributed by atoms with Gasteiger partial charge in [0.05, 0.1) is 6.61 Å². The minimum atomic E-state index is -0.131. The van der Waals surface area contributed by atoms with Gasteiger partial charge in [0.25, 0.3) is 0 Å². The van der Waals surface area contributed by atoms with Crippen molar-refractivity contribution >= 4 is 5.97 Å². The molecule has 0 aromatic carbocycles. The van der Waals surface area contributed by atoms with Crippen LogP contribution < -0.4 is 0 Å². The maximum Gasteiger partial charge on any atom is 0.306 e. The van der Waals surface area contributed by atoms with Crippen LogP contribution in [0.4, 0.5) is 0 Å². The fourth-order valence-electron chi connectivity index (χ4n) is 0.837. The molecule has 0 fully saturated rings. The maximum absolute atomic E-state index is 10.9. The zero-order valence-corrected chi connectivity index (χ0v) is 8.80. The lowest BCUT2D eigenvalue weighted by Gasteiger charge is -2.10. The molecule has 0 saturated heterocycles. The van der Waals surface area contributed by atoms with Crippen LogP contribution in [0.25, 0.3) is 0 Å². The molecule has 0 atom stereocenters. The smallest absolute Gasteiger partial charge is 0.306 e. The Morgan fingerprint density at radius 2 is 2.15 bits per heavy atom. The minimum Gasteiger partial charge on any atom is -0.466 e. The van der Waals surface area contributed by atoms with E-state index in [0.717, 1.165) is 6.42 Å². The van der Waals surface area contributed by atoms with Crippen molar-refractivity contribution in [1.82, 2.24) is 0 Å². The second-order valence-electron chi connectivity index (χ2n) is 3.73. The molecular weight excluding hydrogens is 164 g/mol. The molecule has 0 amide bonds. The van der Waals surface area contributed by atoms with E-state index in [0.29, 0.717) is 13.0 Å². The fraction of sp³-hybridized carbons (Fsp3) is 0.636. The first-order chi connectivity index (χ1) is 5.95. The Balaban J connectivity index is 3.56. The molecule has 0 unspecified atom stereocenters. The highest BCUT2D eigenvalue weighted by Crippen LogP contribution is 2.14. The van der Waals surface area contributed by atoms with Crippen molar-refractivity contribution in [2.24, 2.45) is 5.41 Å². The highest BCUT2D eigenvalue weighted by molar-refractivity contribution is 5.69. The zero-order valence-electron chi connectivity index (χ0n) is 8.80. The number of rotatable bonds is 5. The predicted molar refractivity (Wildman–Crippen MR) is 54.1 cm³/mol. The Labute approximate surface area is 81.0 Å². The van der Waals surface area contributed by atoms with E-state index in [1.807, 2.05) is 32.9 Å². The molecule has 0 bridgehead atoms. The van der Waals surface area contributed by atoms with E-state index in [1.165, 1.54) is 0 Å². The largest absolute Gasteiger partial charge is 0.466 e. The number of hydrogen-bond donors (Lipinski definition) is 0. The van der Waals surface area contributed by atoms with Crippen molar-refractivity contribution < 1.29 is 9.53 Å². The summed E-state index contributed by atoms with van der Waals surface area (Å²) in [7, 11) is 0. The topological polar surface area (TPSA) is 26.3 Å². The molecule has 2 heteroatoms. The number of esters is 1. The minimum absolute atomic E-state index is 0.0470. The van der Waals surface area contributed by atoms with Gasteiger partial charge in [-0.2, -0.15) is 0 Å². The van der Waals surface area contributed by atoms with Crippen LogP contribution in [-0.4, -0.2) is 12.6 Å². The Morgan fingerprint density at radius 1 is 1.54 bits per heavy atom. The number of allylic oxidation sites excluding steroid dienone is 2. The third-order valence-electron chi connectivity index (χ3n) is 1.39. The fourth-order valence-corrected chi connectivity index (χ4v) is 0.837. The second-order valence-corrected chi connectivity index (χ2v) is 3.73. The van der Waals surface area contributed by atoms with Crippen LogP contribution in [0.3, 0.4) is 0 Å². The first kappa shape index (κ1) is 12.2. The Morgan fingerprint density at radius 3 is 2.62 bits per heavy atom. The molecule has 0 N–H and O–H groups in total. The second kappa shape index (κ2) is 5.79. The van der Waals surface area contributed by atoms with Gasteiger partial charge in [-0.05, 0) is 25.7 Å². The number of carbonyl (C=O) groups is 1. The van der Waals surface area contributed by atoms with Crippen LogP contribution in [0.5, 0.6) is 0 Å². The molecule has 0 aromatic rings. The number of carbonyl (C=O) groups excluding carboxylic acids is 1. The summed E-state index contributed by atoms with van der Waals surface area (Å²) in [6.07, 6.45) is 5.17. The van der Waals surface area contributed by atoms with Crippen LogP contribution in [-0.2, 0) is 9.53 Å². The first-order valence-corrected chi connectivity index (χ1v) is 4.64. The van der Waals surface area contributed by atoms with E-state index in [9.17, 15) is 4.79 Å². The Hall–Kier alpha value is -0.790. The lowest BCUT2D eigenvalue weighted by Crippen LogP contribution is -2.03. The Kier molecular flexibility index (Phi) is 5.44. The van der Waals surface area contributed by atoms with Crippen LogP contribution in [0.1, 0.15) is 33.6 Å². The zero-order chi connectivity index (χ0) is 10.3. The summed E-state index contributed by atoms with van der Waals surface area (Å²) in [6, 6.07) is 0. The number of ether oxygens (including phenoxy) is 1. The van der Waals surface area contributed by atoms with Crippen LogP contribution in [0.2, 0.25) is 0 Å². The molecule has 0 rings (SSSR count). The molecule has 0 aliphatic carbocycles. The standard InChI is InChI=1S/C11H19O2/c1-5-13-10(12)8-6-7-9-11(2,3)4/h7,9H,2,5-6,8H2,1,3-4H3. The number of hydrogen-bond acceptors (Lipinski definition) is 2. The molecule has 0 saturated carbocycles. The van der Waals surface area contributed by atoms with E-state index < -0.39 is 0 Å². The first-order valence-electron chi connectivity index (χ1n) is 4.64. The average molecular weight is 183 g/mol. The van der Waals surface area contributed by atoms with E-state index in [-0.39, 0.29) is 11.4 Å². The van der Waals surface area contributed by atoms with Crippen LogP contribution >= 0.6 is 0 Å². The highest BCUT2D eigenvalue weighted by Gasteiger charge is 2.04. The van der Waals surface area contributed by atoms with Gasteiger partial charge in [0.1, 0.15) is 0 Å². The van der Waals surface area contributed by atoms with Gasteiger partial charge >= 0.3 is 5.97 Å². The van der Waals surface area contributed by atoms with Crippen molar-refractivity contribution in [1.29, 1.82) is 0 Å². The summed E-state index contributed by atoms with van der Waals surface area (Å²) in [4.78, 5) is 10.9. The quantitative estimate of drug-likeness (QED) is 0.484. The van der Waals surface area contributed by atoms with Crippen molar-refractivity contribution in [3.8, 4) is 0 Å². The molecule has 2 nitrogen and oxygen atoms in total. The molecule has 0 spiro atoms. The van der Waals surface area contributed by atoms with Gasteiger partial charge in [-0.1, -0.05) is 26.0 Å². The molecule has 0 aliphatic rings. The van der Waals surface area contributed by atoms with Crippen molar-refractivity contribution in [2.75, 3.05) is 6.61 Å². The van der Waals surface area contributed by atoms with Crippen molar-refractivity contribution in [2.45, 2.75) is 33.6 Å². The monoisotopic (exact) mass is 183 g/mol. The van der Waals surface area contributed by atoms with Gasteiger partial charge < -0.3 is 4.74 Å². The van der Waals surface area contributed by atoms with E-state index in [2.05, 4.69) is 6.92 Å². The summed E-state index contributed by atoms with van der Waals surface area (Å²) >= 11 is 0. The molecule has 1 radical (unpaired) electrons. The third-order valence-corrected chi connectivity index (χ3v) is 1.39. The van der Waals surface area contributed by atoms with Gasteiger partial charge in [-0.25, -0.2) is 0 Å². The van der Waals surface area contributed by atoms with Crippen LogP contribution in [0, 0.1) is 12.3 Å². The molecule has 13 heavy (non-hydrogen) atoms. The van der Waals surface area contributed by atoms with Gasteiger partial charge in [-0.15, -0.1) is 0 Å².